The zero-order valence-corrected chi connectivity index (χ0v) is 10.4. The maximum atomic E-state index is 12.1. The van der Waals surface area contributed by atoms with Crippen molar-refractivity contribution in [3.05, 3.63) is 29.6 Å². The zero-order chi connectivity index (χ0) is 13.5. The van der Waals surface area contributed by atoms with Crippen molar-refractivity contribution in [2.24, 2.45) is 0 Å². The van der Waals surface area contributed by atoms with Crippen molar-refractivity contribution in [2.75, 3.05) is 20.2 Å². The lowest BCUT2D eigenvalue weighted by Gasteiger charge is -2.18. The Morgan fingerprint density at radius 2 is 2.33 bits per heavy atom. The summed E-state index contributed by atoms with van der Waals surface area (Å²) in [5.41, 5.74) is 0.690. The summed E-state index contributed by atoms with van der Waals surface area (Å²) in [4.78, 5) is 17.5. The van der Waals surface area contributed by atoms with Crippen molar-refractivity contribution in [1.82, 2.24) is 9.88 Å². The third-order valence-electron chi connectivity index (χ3n) is 2.20. The summed E-state index contributed by atoms with van der Waals surface area (Å²) < 4.78 is 0. The van der Waals surface area contributed by atoms with E-state index in [2.05, 4.69) is 16.8 Å². The number of amides is 1. The highest BCUT2D eigenvalue weighted by Gasteiger charge is 2.17. The van der Waals surface area contributed by atoms with E-state index in [0.717, 1.165) is 0 Å². The van der Waals surface area contributed by atoms with Crippen LogP contribution in [0.1, 0.15) is 23.0 Å². The Balaban J connectivity index is 2.98. The third-order valence-corrected chi connectivity index (χ3v) is 2.20. The Bertz CT molecular complexity index is 475. The molecule has 0 aromatic carbocycles. The highest BCUT2D eigenvalue weighted by Crippen LogP contribution is 2.07. The molecule has 0 aliphatic carbocycles. The molecule has 0 bridgehead atoms. The zero-order valence-electron chi connectivity index (χ0n) is 10.4. The van der Waals surface area contributed by atoms with Gasteiger partial charge in [-0.25, -0.2) is 4.98 Å². The van der Waals surface area contributed by atoms with Gasteiger partial charge in [0.1, 0.15) is 12.3 Å². The van der Waals surface area contributed by atoms with Crippen LogP contribution >= 0.6 is 0 Å². The molecule has 5 nitrogen and oxygen atoms in total. The number of aliphatic hydroxyl groups is 2. The van der Waals surface area contributed by atoms with Crippen LogP contribution in [0, 0.1) is 11.8 Å². The molecule has 18 heavy (non-hydrogen) atoms. The second-order valence-electron chi connectivity index (χ2n) is 3.89. The van der Waals surface area contributed by atoms with Gasteiger partial charge >= 0.3 is 0 Å². The van der Waals surface area contributed by atoms with Crippen molar-refractivity contribution in [3.8, 4) is 11.8 Å². The number of carbonyl (C=O) groups excluding carboxylic acids is 1. The molecule has 1 heterocycles. The van der Waals surface area contributed by atoms with Gasteiger partial charge in [-0.3, -0.25) is 4.79 Å². The van der Waals surface area contributed by atoms with Gasteiger partial charge < -0.3 is 15.1 Å². The number of aromatic nitrogens is 1. The van der Waals surface area contributed by atoms with Gasteiger partial charge in [0, 0.05) is 19.8 Å². The minimum absolute atomic E-state index is 0.224. The van der Waals surface area contributed by atoms with Crippen LogP contribution in [0.5, 0.6) is 0 Å². The molecule has 96 valence electrons. The number of pyridine rings is 1. The number of likely N-dealkylation sites (N-methyl/N-ethyl adjacent to an activating group) is 1. The SMILES string of the molecule is CC(O)CN(C)C(=O)c1ncccc1C#CCO. The molecule has 2 N–H and O–H groups in total. The topological polar surface area (TPSA) is 73.7 Å². The average Bonchev–Trinajstić information content (AvgIpc) is 2.35. The second kappa shape index (κ2) is 6.74. The summed E-state index contributed by atoms with van der Waals surface area (Å²) in [5, 5.41) is 17.9. The summed E-state index contributed by atoms with van der Waals surface area (Å²) >= 11 is 0. The van der Waals surface area contributed by atoms with Crippen LogP contribution in [0.3, 0.4) is 0 Å². The average molecular weight is 248 g/mol. The van der Waals surface area contributed by atoms with Crippen LogP contribution in [-0.4, -0.2) is 52.3 Å². The van der Waals surface area contributed by atoms with Crippen molar-refractivity contribution < 1.29 is 15.0 Å². The van der Waals surface area contributed by atoms with E-state index in [9.17, 15) is 9.90 Å². The number of hydrogen-bond acceptors (Lipinski definition) is 4. The molecule has 0 radical (unpaired) electrons. The summed E-state index contributed by atoms with van der Waals surface area (Å²) in [5.74, 6) is 4.86. The van der Waals surface area contributed by atoms with Crippen molar-refractivity contribution in [1.29, 1.82) is 0 Å². The van der Waals surface area contributed by atoms with Crippen LogP contribution in [0.15, 0.2) is 18.3 Å². The molecule has 0 fully saturated rings. The Kier molecular flexibility index (Phi) is 5.31. The molecule has 1 atom stereocenters. The Morgan fingerprint density at radius 3 is 2.94 bits per heavy atom. The number of aliphatic hydroxyl groups excluding tert-OH is 2. The Labute approximate surface area is 106 Å². The molecule has 0 aliphatic rings. The standard InChI is InChI=1S/C13H16N2O3/c1-10(17)9-15(2)13(18)12-11(6-4-8-16)5-3-7-14-12/h3,5,7,10,16-17H,8-9H2,1-2H3. The fourth-order valence-electron chi connectivity index (χ4n) is 1.47. The minimum atomic E-state index is -0.602. The van der Waals surface area contributed by atoms with E-state index in [4.69, 9.17) is 5.11 Å². The van der Waals surface area contributed by atoms with Crippen LogP contribution in [0.4, 0.5) is 0 Å². The molecule has 1 aromatic rings. The van der Waals surface area contributed by atoms with E-state index < -0.39 is 6.10 Å². The minimum Gasteiger partial charge on any atom is -0.392 e. The van der Waals surface area contributed by atoms with E-state index in [1.54, 1.807) is 26.1 Å². The van der Waals surface area contributed by atoms with Gasteiger partial charge in [-0.05, 0) is 19.1 Å². The number of rotatable bonds is 3. The van der Waals surface area contributed by atoms with Gasteiger partial charge in [-0.1, -0.05) is 11.8 Å². The molecule has 0 saturated heterocycles. The Morgan fingerprint density at radius 1 is 1.61 bits per heavy atom. The number of carbonyl (C=O) groups is 1. The van der Waals surface area contributed by atoms with Gasteiger partial charge in [-0.2, -0.15) is 0 Å². The summed E-state index contributed by atoms with van der Waals surface area (Å²) in [7, 11) is 1.59. The fraction of sp³-hybridized carbons (Fsp3) is 0.385. The van der Waals surface area contributed by atoms with Crippen LogP contribution in [0.25, 0.3) is 0 Å². The lowest BCUT2D eigenvalue weighted by molar-refractivity contribution is 0.0698. The first-order valence-corrected chi connectivity index (χ1v) is 5.54. The van der Waals surface area contributed by atoms with Crippen LogP contribution in [-0.2, 0) is 0 Å². The monoisotopic (exact) mass is 248 g/mol. The van der Waals surface area contributed by atoms with Gasteiger partial charge in [-0.15, -0.1) is 0 Å². The normalized spacial score (nSPS) is 11.3. The summed E-state index contributed by atoms with van der Waals surface area (Å²) in [6.07, 6.45) is 0.905. The summed E-state index contributed by atoms with van der Waals surface area (Å²) in [6, 6.07) is 3.34. The molecule has 5 heteroatoms. The van der Waals surface area contributed by atoms with E-state index in [-0.39, 0.29) is 24.8 Å². The third kappa shape index (κ3) is 3.84. The maximum Gasteiger partial charge on any atom is 0.273 e. The van der Waals surface area contributed by atoms with Crippen molar-refractivity contribution in [3.63, 3.8) is 0 Å². The molecule has 1 unspecified atom stereocenters. The van der Waals surface area contributed by atoms with E-state index >= 15 is 0 Å². The van der Waals surface area contributed by atoms with E-state index in [1.807, 2.05) is 0 Å². The predicted octanol–water partition coefficient (Wildman–Crippen LogP) is -0.122. The fourth-order valence-corrected chi connectivity index (χ4v) is 1.47. The highest BCUT2D eigenvalue weighted by molar-refractivity contribution is 5.94. The van der Waals surface area contributed by atoms with Gasteiger partial charge in [0.15, 0.2) is 0 Å². The van der Waals surface area contributed by atoms with Crippen molar-refractivity contribution in [2.45, 2.75) is 13.0 Å². The molecule has 0 spiro atoms. The first-order valence-electron chi connectivity index (χ1n) is 5.54. The molecule has 1 rings (SSSR count). The smallest absolute Gasteiger partial charge is 0.273 e. The lowest BCUT2D eigenvalue weighted by atomic mass is 10.1. The van der Waals surface area contributed by atoms with E-state index in [0.29, 0.717) is 5.56 Å². The quantitative estimate of drug-likeness (QED) is 0.731. The largest absolute Gasteiger partial charge is 0.392 e. The second-order valence-corrected chi connectivity index (χ2v) is 3.89. The maximum absolute atomic E-state index is 12.1. The van der Waals surface area contributed by atoms with Gasteiger partial charge in [0.05, 0.1) is 11.7 Å². The number of hydrogen-bond donors (Lipinski definition) is 2. The Hall–Kier alpha value is -1.90. The first kappa shape index (κ1) is 14.2. The van der Waals surface area contributed by atoms with Gasteiger partial charge in [0.2, 0.25) is 0 Å². The molecule has 0 aliphatic heterocycles. The van der Waals surface area contributed by atoms with Gasteiger partial charge in [0.25, 0.3) is 5.91 Å². The number of nitrogens with zero attached hydrogens (tertiary/aromatic N) is 2. The van der Waals surface area contributed by atoms with Crippen molar-refractivity contribution >= 4 is 5.91 Å². The first-order chi connectivity index (χ1) is 8.56. The molecule has 1 aromatic heterocycles. The molecule has 1 amide bonds. The molecular formula is C13H16N2O3. The lowest BCUT2D eigenvalue weighted by Crippen LogP contribution is -2.34. The molecule has 0 saturated carbocycles. The highest BCUT2D eigenvalue weighted by atomic mass is 16.3. The summed E-state index contributed by atoms with van der Waals surface area (Å²) in [6.45, 7) is 1.56. The van der Waals surface area contributed by atoms with Crippen LogP contribution < -0.4 is 0 Å². The molecular weight excluding hydrogens is 232 g/mol. The van der Waals surface area contributed by atoms with Crippen LogP contribution in [0.2, 0.25) is 0 Å². The van der Waals surface area contributed by atoms with E-state index in [1.165, 1.54) is 11.1 Å². The predicted molar refractivity (Wildman–Crippen MR) is 66.8 cm³/mol.